The zero-order valence-electron chi connectivity index (χ0n) is 16.1. The fourth-order valence-electron chi connectivity index (χ4n) is 2.97. The lowest BCUT2D eigenvalue weighted by Gasteiger charge is -2.19. The first-order valence-corrected chi connectivity index (χ1v) is 10.7. The second-order valence-corrected chi connectivity index (χ2v) is 8.90. The Labute approximate surface area is 172 Å². The van der Waals surface area contributed by atoms with Crippen LogP contribution >= 0.6 is 0 Å². The zero-order valence-corrected chi connectivity index (χ0v) is 16.9. The highest BCUT2D eigenvalue weighted by molar-refractivity contribution is 7.89. The van der Waals surface area contributed by atoms with Gasteiger partial charge in [-0.05, 0) is 55.5 Å². The van der Waals surface area contributed by atoms with E-state index in [1.807, 2.05) is 31.2 Å². The molecule has 1 aliphatic rings. The average molecular weight is 442 g/mol. The van der Waals surface area contributed by atoms with E-state index in [4.69, 9.17) is 0 Å². The molecule has 0 radical (unpaired) electrons. The monoisotopic (exact) mass is 442 g/mol. The molecule has 1 aliphatic carbocycles. The van der Waals surface area contributed by atoms with Crippen molar-refractivity contribution in [3.05, 3.63) is 59.7 Å². The van der Waals surface area contributed by atoms with E-state index < -0.39 is 34.6 Å². The number of carbonyl (C=O) groups excluding carboxylic acids is 1. The molecular formula is C20H21F3N2O4S. The van der Waals surface area contributed by atoms with Gasteiger partial charge in [-0.1, -0.05) is 29.8 Å². The molecule has 0 heterocycles. The summed E-state index contributed by atoms with van der Waals surface area (Å²) in [6.45, 7) is 1.48. The van der Waals surface area contributed by atoms with Crippen LogP contribution < -0.4 is 14.8 Å². The van der Waals surface area contributed by atoms with E-state index in [9.17, 15) is 26.4 Å². The van der Waals surface area contributed by atoms with Crippen molar-refractivity contribution in [3.8, 4) is 5.75 Å². The maximum Gasteiger partial charge on any atom is 0.573 e. The summed E-state index contributed by atoms with van der Waals surface area (Å²) in [7, 11) is -4.07. The van der Waals surface area contributed by atoms with E-state index >= 15 is 0 Å². The van der Waals surface area contributed by atoms with Gasteiger partial charge in [0.05, 0.1) is 17.5 Å². The van der Waals surface area contributed by atoms with Crippen LogP contribution in [0.4, 0.5) is 13.2 Å². The minimum atomic E-state index is -4.87. The third kappa shape index (κ3) is 6.20. The summed E-state index contributed by atoms with van der Waals surface area (Å²) in [6, 6.07) is 11.3. The predicted octanol–water partition coefficient (Wildman–Crippen LogP) is 3.44. The van der Waals surface area contributed by atoms with Crippen LogP contribution in [-0.2, 0) is 14.8 Å². The van der Waals surface area contributed by atoms with Gasteiger partial charge >= 0.3 is 6.36 Å². The third-order valence-electron chi connectivity index (χ3n) is 4.64. The lowest BCUT2D eigenvalue weighted by Crippen LogP contribution is -2.39. The topological polar surface area (TPSA) is 84.5 Å². The Morgan fingerprint density at radius 3 is 2.23 bits per heavy atom. The van der Waals surface area contributed by atoms with Crippen LogP contribution in [0.1, 0.15) is 30.0 Å². The Morgan fingerprint density at radius 1 is 1.10 bits per heavy atom. The highest BCUT2D eigenvalue weighted by Gasteiger charge is 2.33. The van der Waals surface area contributed by atoms with Crippen molar-refractivity contribution < 1.29 is 31.1 Å². The molecule has 1 fully saturated rings. The Morgan fingerprint density at radius 2 is 1.70 bits per heavy atom. The summed E-state index contributed by atoms with van der Waals surface area (Å²) in [6.07, 6.45) is -2.90. The minimum Gasteiger partial charge on any atom is -0.406 e. The summed E-state index contributed by atoms with van der Waals surface area (Å²) in [5, 5.41) is 2.86. The number of ether oxygens (including phenoxy) is 1. The smallest absolute Gasteiger partial charge is 0.406 e. The molecule has 0 saturated heterocycles. The van der Waals surface area contributed by atoms with E-state index in [0.717, 1.165) is 48.2 Å². The molecule has 0 aliphatic heterocycles. The number of rotatable bonds is 8. The van der Waals surface area contributed by atoms with E-state index in [1.54, 1.807) is 0 Å². The molecule has 0 aromatic heterocycles. The summed E-state index contributed by atoms with van der Waals surface area (Å²) >= 11 is 0. The molecular weight excluding hydrogens is 421 g/mol. The first kappa shape index (κ1) is 22.1. The number of alkyl halides is 3. The summed E-state index contributed by atoms with van der Waals surface area (Å²) < 4.78 is 67.1. The maximum atomic E-state index is 12.3. The van der Waals surface area contributed by atoms with Gasteiger partial charge < -0.3 is 10.1 Å². The van der Waals surface area contributed by atoms with Crippen LogP contribution in [0.5, 0.6) is 5.75 Å². The number of amides is 1. The van der Waals surface area contributed by atoms with E-state index in [0.29, 0.717) is 5.92 Å². The molecule has 1 amide bonds. The van der Waals surface area contributed by atoms with Crippen LogP contribution in [0, 0.1) is 12.8 Å². The van der Waals surface area contributed by atoms with Gasteiger partial charge in [-0.3, -0.25) is 4.79 Å². The van der Waals surface area contributed by atoms with Crippen LogP contribution in [0.3, 0.4) is 0 Å². The Hall–Kier alpha value is -2.59. The van der Waals surface area contributed by atoms with Gasteiger partial charge in [-0.25, -0.2) is 13.1 Å². The quantitative estimate of drug-likeness (QED) is 0.656. The SMILES string of the molecule is Cc1ccc(C(NC(=O)CNS(=O)(=O)c2ccc(OC(F)(F)F)cc2)C2CC2)cc1. The fraction of sp³-hybridized carbons (Fsp3) is 0.350. The van der Waals surface area contributed by atoms with Gasteiger partial charge in [-0.15, -0.1) is 13.2 Å². The molecule has 0 bridgehead atoms. The Bertz CT molecular complexity index is 986. The molecule has 2 aromatic carbocycles. The van der Waals surface area contributed by atoms with Crippen molar-refractivity contribution in [2.24, 2.45) is 5.92 Å². The van der Waals surface area contributed by atoms with Gasteiger partial charge in [0.1, 0.15) is 5.75 Å². The molecule has 162 valence electrons. The van der Waals surface area contributed by atoms with Crippen LogP contribution in [0.25, 0.3) is 0 Å². The van der Waals surface area contributed by atoms with Crippen molar-refractivity contribution >= 4 is 15.9 Å². The number of aryl methyl sites for hydroxylation is 1. The van der Waals surface area contributed by atoms with E-state index in [1.165, 1.54) is 0 Å². The molecule has 0 spiro atoms. The average Bonchev–Trinajstić information content (AvgIpc) is 3.50. The van der Waals surface area contributed by atoms with Crippen molar-refractivity contribution in [2.75, 3.05) is 6.54 Å². The molecule has 3 rings (SSSR count). The molecule has 1 saturated carbocycles. The number of carbonyl (C=O) groups is 1. The van der Waals surface area contributed by atoms with Crippen LogP contribution in [0.2, 0.25) is 0 Å². The summed E-state index contributed by atoms with van der Waals surface area (Å²) in [5.74, 6) is -0.716. The van der Waals surface area contributed by atoms with Crippen molar-refractivity contribution in [3.63, 3.8) is 0 Å². The first-order valence-electron chi connectivity index (χ1n) is 9.25. The molecule has 6 nitrogen and oxygen atoms in total. The molecule has 2 aromatic rings. The first-order chi connectivity index (χ1) is 14.0. The van der Waals surface area contributed by atoms with E-state index in [-0.39, 0.29) is 10.9 Å². The lowest BCUT2D eigenvalue weighted by molar-refractivity contribution is -0.274. The molecule has 1 unspecified atom stereocenters. The standard InChI is InChI=1S/C20H21F3N2O4S/c1-13-2-4-14(5-3-13)19(15-6-7-15)25-18(26)12-24-30(27,28)17-10-8-16(9-11-17)29-20(21,22)23/h2-5,8-11,15,19,24H,6-7,12H2,1H3,(H,25,26). The number of sulfonamides is 1. The normalized spacial score (nSPS) is 15.5. The largest absolute Gasteiger partial charge is 0.573 e. The zero-order chi connectivity index (χ0) is 21.9. The number of hydrogen-bond acceptors (Lipinski definition) is 4. The molecule has 2 N–H and O–H groups in total. The summed E-state index contributed by atoms with van der Waals surface area (Å²) in [5.41, 5.74) is 2.05. The van der Waals surface area contributed by atoms with Gasteiger partial charge in [0.15, 0.2) is 0 Å². The number of benzene rings is 2. The highest BCUT2D eigenvalue weighted by Crippen LogP contribution is 2.41. The number of hydrogen-bond donors (Lipinski definition) is 2. The van der Waals surface area contributed by atoms with Gasteiger partial charge in [0.2, 0.25) is 15.9 Å². The second kappa shape index (κ2) is 8.65. The third-order valence-corrected chi connectivity index (χ3v) is 6.05. The minimum absolute atomic E-state index is 0.193. The maximum absolute atomic E-state index is 12.3. The Kier molecular flexibility index (Phi) is 6.37. The Balaban J connectivity index is 1.59. The molecule has 1 atom stereocenters. The van der Waals surface area contributed by atoms with Crippen LogP contribution in [0.15, 0.2) is 53.4 Å². The van der Waals surface area contributed by atoms with Crippen LogP contribution in [-0.4, -0.2) is 27.2 Å². The van der Waals surface area contributed by atoms with Gasteiger partial charge in [-0.2, -0.15) is 0 Å². The highest BCUT2D eigenvalue weighted by atomic mass is 32.2. The number of halogens is 3. The molecule has 10 heteroatoms. The van der Waals surface area contributed by atoms with Crippen molar-refractivity contribution in [1.82, 2.24) is 10.0 Å². The van der Waals surface area contributed by atoms with Gasteiger partial charge in [0, 0.05) is 0 Å². The lowest BCUT2D eigenvalue weighted by atomic mass is 10.0. The number of nitrogens with one attached hydrogen (secondary N) is 2. The fourth-order valence-corrected chi connectivity index (χ4v) is 3.95. The van der Waals surface area contributed by atoms with Crippen molar-refractivity contribution in [1.29, 1.82) is 0 Å². The van der Waals surface area contributed by atoms with Gasteiger partial charge in [0.25, 0.3) is 0 Å². The van der Waals surface area contributed by atoms with Crippen molar-refractivity contribution in [2.45, 2.75) is 37.1 Å². The predicted molar refractivity (Wildman–Crippen MR) is 103 cm³/mol. The second-order valence-electron chi connectivity index (χ2n) is 7.14. The molecule has 30 heavy (non-hydrogen) atoms. The summed E-state index contributed by atoms with van der Waals surface area (Å²) in [4.78, 5) is 12.1. The van der Waals surface area contributed by atoms with E-state index in [2.05, 4.69) is 14.8 Å².